The first-order valence-electron chi connectivity index (χ1n) is 6.69. The van der Waals surface area contributed by atoms with Crippen LogP contribution in [0.3, 0.4) is 0 Å². The third kappa shape index (κ3) is 4.09. The van der Waals surface area contributed by atoms with Crippen molar-refractivity contribution in [2.75, 3.05) is 0 Å². The van der Waals surface area contributed by atoms with Gasteiger partial charge < -0.3 is 5.32 Å². The third-order valence-electron chi connectivity index (χ3n) is 3.26. The van der Waals surface area contributed by atoms with Crippen LogP contribution in [-0.4, -0.2) is 0 Å². The molecular formula is C17H20ClN. The van der Waals surface area contributed by atoms with Crippen LogP contribution in [0.25, 0.3) is 0 Å². The zero-order valence-corrected chi connectivity index (χ0v) is 12.2. The zero-order valence-electron chi connectivity index (χ0n) is 11.4. The van der Waals surface area contributed by atoms with Crippen LogP contribution in [0, 0.1) is 5.92 Å². The van der Waals surface area contributed by atoms with Crippen molar-refractivity contribution in [3.63, 3.8) is 0 Å². The molecular weight excluding hydrogens is 254 g/mol. The summed E-state index contributed by atoms with van der Waals surface area (Å²) < 4.78 is 0. The Bertz CT molecular complexity index is 490. The van der Waals surface area contributed by atoms with Crippen molar-refractivity contribution in [3.05, 3.63) is 70.7 Å². The van der Waals surface area contributed by atoms with Crippen LogP contribution >= 0.6 is 11.6 Å². The number of hydrogen-bond donors (Lipinski definition) is 1. The minimum atomic E-state index is 0.372. The smallest absolute Gasteiger partial charge is 0.0406 e. The summed E-state index contributed by atoms with van der Waals surface area (Å²) in [5, 5.41) is 4.41. The molecule has 1 N–H and O–H groups in total. The van der Waals surface area contributed by atoms with E-state index in [1.54, 1.807) is 0 Å². The second-order valence-electron chi connectivity index (χ2n) is 5.14. The highest BCUT2D eigenvalue weighted by atomic mass is 35.5. The van der Waals surface area contributed by atoms with Crippen LogP contribution in [0.4, 0.5) is 0 Å². The minimum Gasteiger partial charge on any atom is -0.306 e. The lowest BCUT2D eigenvalue weighted by Gasteiger charge is -2.23. The monoisotopic (exact) mass is 273 g/mol. The third-order valence-corrected chi connectivity index (χ3v) is 3.52. The normalized spacial score (nSPS) is 12.6. The lowest BCUT2D eigenvalue weighted by Crippen LogP contribution is -2.25. The van der Waals surface area contributed by atoms with Crippen molar-refractivity contribution in [3.8, 4) is 0 Å². The first-order valence-corrected chi connectivity index (χ1v) is 7.07. The van der Waals surface area contributed by atoms with Crippen LogP contribution in [0.5, 0.6) is 0 Å². The largest absolute Gasteiger partial charge is 0.306 e. The van der Waals surface area contributed by atoms with Gasteiger partial charge in [0.1, 0.15) is 0 Å². The van der Waals surface area contributed by atoms with Gasteiger partial charge in [-0.05, 0) is 29.2 Å². The molecule has 2 aromatic rings. The minimum absolute atomic E-state index is 0.372. The Hall–Kier alpha value is -1.31. The van der Waals surface area contributed by atoms with E-state index in [0.717, 1.165) is 11.6 Å². The van der Waals surface area contributed by atoms with Crippen LogP contribution in [0.1, 0.15) is 31.0 Å². The van der Waals surface area contributed by atoms with Gasteiger partial charge in [0.05, 0.1) is 0 Å². The summed E-state index contributed by atoms with van der Waals surface area (Å²) in [4.78, 5) is 0. The van der Waals surface area contributed by atoms with Crippen molar-refractivity contribution in [2.24, 2.45) is 5.92 Å². The maximum absolute atomic E-state index is 5.90. The summed E-state index contributed by atoms with van der Waals surface area (Å²) in [7, 11) is 0. The lowest BCUT2D eigenvalue weighted by atomic mass is 9.96. The van der Waals surface area contributed by atoms with E-state index < -0.39 is 0 Å². The maximum Gasteiger partial charge on any atom is 0.0406 e. The molecule has 1 atom stereocenters. The van der Waals surface area contributed by atoms with Crippen LogP contribution < -0.4 is 5.32 Å². The first-order chi connectivity index (χ1) is 9.16. The van der Waals surface area contributed by atoms with E-state index in [1.807, 2.05) is 12.1 Å². The van der Waals surface area contributed by atoms with Crippen LogP contribution in [0.15, 0.2) is 54.6 Å². The highest BCUT2D eigenvalue weighted by Gasteiger charge is 2.14. The van der Waals surface area contributed by atoms with Gasteiger partial charge in [-0.15, -0.1) is 0 Å². The Morgan fingerprint density at radius 2 is 1.58 bits per heavy atom. The molecule has 2 heteroatoms. The molecule has 0 spiro atoms. The maximum atomic E-state index is 5.90. The Labute approximate surface area is 120 Å². The topological polar surface area (TPSA) is 12.0 Å². The fraction of sp³-hybridized carbons (Fsp3) is 0.294. The number of halogens is 1. The first kappa shape index (κ1) is 14.1. The number of benzene rings is 2. The summed E-state index contributed by atoms with van der Waals surface area (Å²) >= 11 is 5.90. The molecule has 0 aliphatic heterocycles. The second kappa shape index (κ2) is 6.74. The molecule has 1 nitrogen and oxygen atoms in total. The predicted octanol–water partition coefficient (Wildman–Crippen LogP) is 4.83. The van der Waals surface area contributed by atoms with E-state index >= 15 is 0 Å². The summed E-state index contributed by atoms with van der Waals surface area (Å²) in [6.45, 7) is 5.34. The molecule has 0 aliphatic rings. The summed E-state index contributed by atoms with van der Waals surface area (Å²) in [5.41, 5.74) is 2.59. The van der Waals surface area contributed by atoms with Crippen molar-refractivity contribution >= 4 is 11.6 Å². The van der Waals surface area contributed by atoms with Gasteiger partial charge in [-0.3, -0.25) is 0 Å². The average molecular weight is 274 g/mol. The quantitative estimate of drug-likeness (QED) is 0.823. The van der Waals surface area contributed by atoms with E-state index in [1.165, 1.54) is 11.1 Å². The molecule has 0 aromatic heterocycles. The lowest BCUT2D eigenvalue weighted by molar-refractivity contribution is 0.410. The van der Waals surface area contributed by atoms with E-state index in [9.17, 15) is 0 Å². The van der Waals surface area contributed by atoms with Crippen molar-refractivity contribution in [1.29, 1.82) is 0 Å². The highest BCUT2D eigenvalue weighted by molar-refractivity contribution is 6.30. The van der Waals surface area contributed by atoms with Crippen molar-refractivity contribution in [2.45, 2.75) is 26.4 Å². The van der Waals surface area contributed by atoms with Crippen LogP contribution in [0.2, 0.25) is 5.02 Å². The van der Waals surface area contributed by atoms with E-state index in [-0.39, 0.29) is 0 Å². The van der Waals surface area contributed by atoms with Gasteiger partial charge in [-0.2, -0.15) is 0 Å². The van der Waals surface area contributed by atoms with E-state index in [4.69, 9.17) is 11.6 Å². The second-order valence-corrected chi connectivity index (χ2v) is 5.58. The molecule has 2 rings (SSSR count). The van der Waals surface area contributed by atoms with E-state index in [0.29, 0.717) is 12.0 Å². The van der Waals surface area contributed by atoms with Crippen molar-refractivity contribution in [1.82, 2.24) is 5.32 Å². The summed E-state index contributed by atoms with van der Waals surface area (Å²) in [6, 6.07) is 19.0. The predicted molar refractivity (Wildman–Crippen MR) is 82.3 cm³/mol. The van der Waals surface area contributed by atoms with Crippen LogP contribution in [-0.2, 0) is 6.54 Å². The van der Waals surface area contributed by atoms with Crippen molar-refractivity contribution < 1.29 is 0 Å². The molecule has 0 amide bonds. The number of rotatable bonds is 5. The molecule has 1 unspecified atom stereocenters. The fourth-order valence-corrected chi connectivity index (χ4v) is 2.35. The summed E-state index contributed by atoms with van der Waals surface area (Å²) in [5.74, 6) is 0.551. The van der Waals surface area contributed by atoms with Gasteiger partial charge in [-0.25, -0.2) is 0 Å². The van der Waals surface area contributed by atoms with E-state index in [2.05, 4.69) is 61.6 Å². The van der Waals surface area contributed by atoms with Gasteiger partial charge in [0.2, 0.25) is 0 Å². The Balaban J connectivity index is 2.04. The molecule has 0 saturated heterocycles. The average Bonchev–Trinajstić information content (AvgIpc) is 2.42. The summed E-state index contributed by atoms with van der Waals surface area (Å²) in [6.07, 6.45) is 0. The molecule has 0 aliphatic carbocycles. The fourth-order valence-electron chi connectivity index (χ4n) is 2.23. The molecule has 100 valence electrons. The highest BCUT2D eigenvalue weighted by Crippen LogP contribution is 2.22. The molecule has 19 heavy (non-hydrogen) atoms. The van der Waals surface area contributed by atoms with Gasteiger partial charge in [0, 0.05) is 17.6 Å². The zero-order chi connectivity index (χ0) is 13.7. The number of nitrogens with one attached hydrogen (secondary N) is 1. The van der Waals surface area contributed by atoms with Gasteiger partial charge >= 0.3 is 0 Å². The SMILES string of the molecule is CC(C)C(NCc1ccc(Cl)cc1)c1ccccc1. The Kier molecular flexibility index (Phi) is 5.00. The molecule has 0 heterocycles. The standard InChI is InChI=1S/C17H20ClN/c1-13(2)17(15-6-4-3-5-7-15)19-12-14-8-10-16(18)11-9-14/h3-11,13,17,19H,12H2,1-2H3. The molecule has 2 aromatic carbocycles. The van der Waals surface area contributed by atoms with Gasteiger partial charge in [0.25, 0.3) is 0 Å². The molecule has 0 fully saturated rings. The number of hydrogen-bond acceptors (Lipinski definition) is 1. The molecule has 0 bridgehead atoms. The molecule has 0 radical (unpaired) electrons. The Morgan fingerprint density at radius 1 is 0.947 bits per heavy atom. The van der Waals surface area contributed by atoms with Gasteiger partial charge in [-0.1, -0.05) is 67.9 Å². The Morgan fingerprint density at radius 3 is 2.16 bits per heavy atom. The molecule has 0 saturated carbocycles. The van der Waals surface area contributed by atoms with Gasteiger partial charge in [0.15, 0.2) is 0 Å².